The van der Waals surface area contributed by atoms with Crippen LogP contribution in [0.15, 0.2) is 0 Å². The summed E-state index contributed by atoms with van der Waals surface area (Å²) in [5, 5.41) is 0. The van der Waals surface area contributed by atoms with Crippen LogP contribution >= 0.6 is 0 Å². The molecule has 0 radical (unpaired) electrons. The molecular weight excluding hydrogens is 178 g/mol. The van der Waals surface area contributed by atoms with E-state index in [0.717, 1.165) is 25.7 Å². The van der Waals surface area contributed by atoms with Gasteiger partial charge in [0.25, 0.3) is 0 Å². The van der Waals surface area contributed by atoms with Crippen molar-refractivity contribution in [2.45, 2.75) is 52.0 Å². The van der Waals surface area contributed by atoms with Crippen molar-refractivity contribution in [3.63, 3.8) is 0 Å². The van der Waals surface area contributed by atoms with Gasteiger partial charge in [-0.2, -0.15) is 0 Å². The van der Waals surface area contributed by atoms with Gasteiger partial charge in [-0.25, -0.2) is 0 Å². The van der Waals surface area contributed by atoms with Crippen LogP contribution in [-0.2, 0) is 9.59 Å². The maximum atomic E-state index is 12.1. The van der Waals surface area contributed by atoms with E-state index in [1.54, 1.807) is 0 Å². The van der Waals surface area contributed by atoms with Crippen LogP contribution in [0.1, 0.15) is 46.0 Å². The van der Waals surface area contributed by atoms with Crippen LogP contribution in [0.2, 0.25) is 0 Å². The zero-order valence-electron chi connectivity index (χ0n) is 8.88. The Kier molecular flexibility index (Phi) is 2.13. The molecule has 0 aromatic rings. The Labute approximate surface area is 84.5 Å². The summed E-state index contributed by atoms with van der Waals surface area (Å²) in [6, 6.07) is 0.0231. The number of likely N-dealkylation sites (tertiary alicyclic amines) is 1. The van der Waals surface area contributed by atoms with E-state index in [-0.39, 0.29) is 23.3 Å². The molecule has 1 aliphatic heterocycles. The van der Waals surface area contributed by atoms with Crippen LogP contribution < -0.4 is 0 Å². The second-order valence-corrected chi connectivity index (χ2v) is 4.83. The van der Waals surface area contributed by atoms with Crippen LogP contribution in [0.4, 0.5) is 0 Å². The van der Waals surface area contributed by atoms with Crippen molar-refractivity contribution in [3.8, 4) is 0 Å². The monoisotopic (exact) mass is 195 g/mol. The Morgan fingerprint density at radius 1 is 1.21 bits per heavy atom. The van der Waals surface area contributed by atoms with Gasteiger partial charge < -0.3 is 0 Å². The van der Waals surface area contributed by atoms with Gasteiger partial charge in [-0.15, -0.1) is 0 Å². The fraction of sp³-hybridized carbons (Fsp3) is 0.818. The van der Waals surface area contributed by atoms with E-state index < -0.39 is 0 Å². The van der Waals surface area contributed by atoms with E-state index in [4.69, 9.17) is 0 Å². The third kappa shape index (κ3) is 1.18. The van der Waals surface area contributed by atoms with Crippen LogP contribution in [-0.4, -0.2) is 22.8 Å². The summed E-state index contributed by atoms with van der Waals surface area (Å²) in [4.78, 5) is 25.2. The van der Waals surface area contributed by atoms with Crippen molar-refractivity contribution in [3.05, 3.63) is 0 Å². The van der Waals surface area contributed by atoms with Gasteiger partial charge in [0.2, 0.25) is 11.8 Å². The number of hydrogen-bond acceptors (Lipinski definition) is 2. The number of imide groups is 1. The largest absolute Gasteiger partial charge is 0.280 e. The molecule has 0 atom stereocenters. The minimum atomic E-state index is -0.290. The fourth-order valence-corrected chi connectivity index (χ4v) is 2.78. The Morgan fingerprint density at radius 3 is 2.21 bits per heavy atom. The molecule has 14 heavy (non-hydrogen) atoms. The molecule has 0 bridgehead atoms. The van der Waals surface area contributed by atoms with Crippen LogP contribution in [0.3, 0.4) is 0 Å². The smallest absolute Gasteiger partial charge is 0.236 e. The molecule has 1 spiro atoms. The van der Waals surface area contributed by atoms with Crippen molar-refractivity contribution in [1.29, 1.82) is 0 Å². The minimum absolute atomic E-state index is 0.0231. The van der Waals surface area contributed by atoms with Crippen molar-refractivity contribution < 1.29 is 9.59 Å². The number of carbonyl (C=O) groups excluding carboxylic acids is 2. The van der Waals surface area contributed by atoms with Crippen LogP contribution in [0, 0.1) is 5.41 Å². The first-order valence-electron chi connectivity index (χ1n) is 5.43. The molecule has 1 saturated heterocycles. The average Bonchev–Trinajstić information content (AvgIpc) is 2.61. The Hall–Kier alpha value is -0.860. The lowest BCUT2D eigenvalue weighted by atomic mass is 9.84. The zero-order chi connectivity index (χ0) is 10.3. The molecule has 2 aliphatic rings. The van der Waals surface area contributed by atoms with Gasteiger partial charge in [0.05, 0.1) is 5.41 Å². The third-order valence-corrected chi connectivity index (χ3v) is 3.51. The number of amides is 2. The number of hydrogen-bond donors (Lipinski definition) is 0. The van der Waals surface area contributed by atoms with Crippen molar-refractivity contribution >= 4 is 11.8 Å². The summed E-state index contributed by atoms with van der Waals surface area (Å²) >= 11 is 0. The maximum Gasteiger partial charge on any atom is 0.236 e. The van der Waals surface area contributed by atoms with Crippen LogP contribution in [0.5, 0.6) is 0 Å². The van der Waals surface area contributed by atoms with Crippen molar-refractivity contribution in [2.24, 2.45) is 5.41 Å². The van der Waals surface area contributed by atoms with Gasteiger partial charge in [0.15, 0.2) is 0 Å². The van der Waals surface area contributed by atoms with E-state index in [0.29, 0.717) is 6.42 Å². The van der Waals surface area contributed by atoms with E-state index in [1.807, 2.05) is 13.8 Å². The van der Waals surface area contributed by atoms with E-state index in [2.05, 4.69) is 0 Å². The molecule has 3 nitrogen and oxygen atoms in total. The van der Waals surface area contributed by atoms with Gasteiger partial charge in [0, 0.05) is 12.5 Å². The molecule has 2 fully saturated rings. The minimum Gasteiger partial charge on any atom is -0.280 e. The summed E-state index contributed by atoms with van der Waals surface area (Å²) < 4.78 is 0. The topological polar surface area (TPSA) is 37.4 Å². The summed E-state index contributed by atoms with van der Waals surface area (Å²) in [6.07, 6.45) is 4.50. The standard InChI is InChI=1S/C11H17NO2/c1-8(2)12-9(13)7-11(10(12)14)5-3-4-6-11/h8H,3-7H2,1-2H3. The van der Waals surface area contributed by atoms with Crippen molar-refractivity contribution in [1.82, 2.24) is 4.90 Å². The predicted molar refractivity (Wildman–Crippen MR) is 52.5 cm³/mol. The maximum absolute atomic E-state index is 12.1. The van der Waals surface area contributed by atoms with Gasteiger partial charge in [-0.1, -0.05) is 12.8 Å². The van der Waals surface area contributed by atoms with Gasteiger partial charge in [0.1, 0.15) is 0 Å². The lowest BCUT2D eigenvalue weighted by Gasteiger charge is -2.23. The normalized spacial score (nSPS) is 25.8. The van der Waals surface area contributed by atoms with Crippen LogP contribution in [0.25, 0.3) is 0 Å². The molecule has 0 unspecified atom stereocenters. The predicted octanol–water partition coefficient (Wildman–Crippen LogP) is 1.71. The first kappa shape index (κ1) is 9.69. The first-order chi connectivity index (χ1) is 6.57. The zero-order valence-corrected chi connectivity index (χ0v) is 8.88. The third-order valence-electron chi connectivity index (χ3n) is 3.51. The summed E-state index contributed by atoms with van der Waals surface area (Å²) in [5.41, 5.74) is -0.290. The quantitative estimate of drug-likeness (QED) is 0.597. The highest BCUT2D eigenvalue weighted by Crippen LogP contribution is 2.47. The Balaban J connectivity index is 2.26. The highest BCUT2D eigenvalue weighted by Gasteiger charge is 2.53. The molecule has 1 saturated carbocycles. The number of rotatable bonds is 1. The van der Waals surface area contributed by atoms with Gasteiger partial charge in [-0.05, 0) is 26.7 Å². The SMILES string of the molecule is CC(C)N1C(=O)CC2(CCCC2)C1=O. The molecular formula is C11H17NO2. The fourth-order valence-electron chi connectivity index (χ4n) is 2.78. The molecule has 2 amide bonds. The number of nitrogens with zero attached hydrogens (tertiary/aromatic N) is 1. The average molecular weight is 195 g/mol. The highest BCUT2D eigenvalue weighted by molar-refractivity contribution is 6.06. The lowest BCUT2D eigenvalue weighted by molar-refractivity contribution is -0.143. The second kappa shape index (κ2) is 3.07. The summed E-state index contributed by atoms with van der Waals surface area (Å²) in [6.45, 7) is 3.81. The first-order valence-corrected chi connectivity index (χ1v) is 5.43. The number of carbonyl (C=O) groups is 2. The highest BCUT2D eigenvalue weighted by atomic mass is 16.2. The lowest BCUT2D eigenvalue weighted by Crippen LogP contribution is -2.39. The Bertz CT molecular complexity index is 277. The summed E-state index contributed by atoms with van der Waals surface area (Å²) in [7, 11) is 0. The summed E-state index contributed by atoms with van der Waals surface area (Å²) in [5.74, 6) is 0.127. The van der Waals surface area contributed by atoms with Gasteiger partial charge in [-0.3, -0.25) is 14.5 Å². The Morgan fingerprint density at radius 2 is 1.79 bits per heavy atom. The van der Waals surface area contributed by atoms with Gasteiger partial charge >= 0.3 is 0 Å². The van der Waals surface area contributed by atoms with E-state index in [9.17, 15) is 9.59 Å². The molecule has 0 N–H and O–H groups in total. The molecule has 3 heteroatoms. The van der Waals surface area contributed by atoms with Crippen molar-refractivity contribution in [2.75, 3.05) is 0 Å². The molecule has 1 aliphatic carbocycles. The molecule has 1 heterocycles. The van der Waals surface area contributed by atoms with E-state index in [1.165, 1.54) is 4.90 Å². The molecule has 0 aromatic carbocycles. The second-order valence-electron chi connectivity index (χ2n) is 4.83. The molecule has 0 aromatic heterocycles. The van der Waals surface area contributed by atoms with E-state index >= 15 is 0 Å². The molecule has 78 valence electrons. The molecule has 2 rings (SSSR count).